The molecule has 0 radical (unpaired) electrons. The van der Waals surface area contributed by atoms with Gasteiger partial charge in [0, 0.05) is 23.3 Å². The monoisotopic (exact) mass is 376 g/mol. The first-order chi connectivity index (χ1) is 13.4. The Morgan fingerprint density at radius 1 is 1.11 bits per heavy atom. The molecule has 1 amide bonds. The Morgan fingerprint density at radius 3 is 2.36 bits per heavy atom. The zero-order chi connectivity index (χ0) is 20.3. The third-order valence-electron chi connectivity index (χ3n) is 5.18. The van der Waals surface area contributed by atoms with Crippen LogP contribution in [-0.2, 0) is 4.79 Å². The van der Waals surface area contributed by atoms with Gasteiger partial charge in [0.15, 0.2) is 0 Å². The molecule has 0 atom stereocenters. The Kier molecular flexibility index (Phi) is 6.23. The third kappa shape index (κ3) is 5.03. The van der Waals surface area contributed by atoms with Crippen LogP contribution in [0, 0.1) is 13.8 Å². The van der Waals surface area contributed by atoms with Gasteiger partial charge in [-0.3, -0.25) is 4.79 Å². The molecule has 0 bridgehead atoms. The quantitative estimate of drug-likeness (QED) is 0.594. The Bertz CT molecular complexity index is 874. The van der Waals surface area contributed by atoms with Crippen LogP contribution in [0.25, 0.3) is 17.2 Å². The van der Waals surface area contributed by atoms with E-state index in [1.807, 2.05) is 6.92 Å². The second-order valence-electron chi connectivity index (χ2n) is 8.17. The van der Waals surface area contributed by atoms with E-state index in [0.717, 1.165) is 36.1 Å². The molecule has 3 nitrogen and oxygen atoms in total. The average molecular weight is 377 g/mol. The summed E-state index contributed by atoms with van der Waals surface area (Å²) in [6, 6.07) is 13.9. The minimum atomic E-state index is 0.0828. The van der Waals surface area contributed by atoms with Gasteiger partial charge >= 0.3 is 0 Å². The second-order valence-corrected chi connectivity index (χ2v) is 8.17. The van der Waals surface area contributed by atoms with Crippen molar-refractivity contribution in [3.63, 3.8) is 0 Å². The number of aryl methyl sites for hydroxylation is 2. The van der Waals surface area contributed by atoms with Crippen LogP contribution in [0.2, 0.25) is 0 Å². The van der Waals surface area contributed by atoms with E-state index in [9.17, 15) is 4.79 Å². The lowest BCUT2D eigenvalue weighted by atomic mass is 9.93. The van der Waals surface area contributed by atoms with Gasteiger partial charge in [0.1, 0.15) is 0 Å². The summed E-state index contributed by atoms with van der Waals surface area (Å²) in [5.41, 5.74) is 7.99. The molecule has 0 aliphatic heterocycles. The predicted octanol–water partition coefficient (Wildman–Crippen LogP) is 5.86. The Morgan fingerprint density at radius 2 is 1.79 bits per heavy atom. The second kappa shape index (κ2) is 8.64. The highest BCUT2D eigenvalue weighted by molar-refractivity contribution is 5.98. The van der Waals surface area contributed by atoms with E-state index in [4.69, 9.17) is 0 Å². The molecule has 0 unspecified atom stereocenters. The molecule has 28 heavy (non-hydrogen) atoms. The summed E-state index contributed by atoms with van der Waals surface area (Å²) < 4.78 is 0. The highest BCUT2D eigenvalue weighted by Gasteiger charge is 2.24. The van der Waals surface area contributed by atoms with Crippen LogP contribution in [0.4, 0.5) is 5.69 Å². The van der Waals surface area contributed by atoms with Crippen LogP contribution >= 0.6 is 0 Å². The number of carbonyl (C=O) groups excluding carboxylic acids is 1. The fraction of sp³-hybridized carbons (Fsp3) is 0.400. The van der Waals surface area contributed by atoms with Crippen LogP contribution in [0.3, 0.4) is 0 Å². The summed E-state index contributed by atoms with van der Waals surface area (Å²) in [5, 5.41) is 6.53. The Hall–Kier alpha value is -2.55. The molecule has 1 aliphatic rings. The molecule has 1 saturated carbocycles. The van der Waals surface area contributed by atoms with Crippen molar-refractivity contribution in [3.8, 4) is 11.1 Å². The molecule has 2 aromatic rings. The van der Waals surface area contributed by atoms with Gasteiger partial charge in [-0.05, 0) is 93.0 Å². The predicted molar refractivity (Wildman–Crippen MR) is 120 cm³/mol. The Labute approximate surface area is 169 Å². The largest absolute Gasteiger partial charge is 0.383 e. The van der Waals surface area contributed by atoms with Crippen molar-refractivity contribution >= 4 is 17.7 Å². The molecular formula is C25H32N2O. The van der Waals surface area contributed by atoms with E-state index in [0.29, 0.717) is 12.1 Å². The summed E-state index contributed by atoms with van der Waals surface area (Å²) in [4.78, 5) is 12.4. The number of hydrogen-bond donors (Lipinski definition) is 2. The smallest absolute Gasteiger partial charge is 0.247 e. The number of carbonyl (C=O) groups is 1. The van der Waals surface area contributed by atoms with Crippen LogP contribution < -0.4 is 10.6 Å². The van der Waals surface area contributed by atoms with E-state index in [1.165, 1.54) is 22.3 Å². The van der Waals surface area contributed by atoms with Crippen molar-refractivity contribution in [2.24, 2.45) is 0 Å². The summed E-state index contributed by atoms with van der Waals surface area (Å²) in [6.45, 7) is 10.6. The maximum absolute atomic E-state index is 12.4. The van der Waals surface area contributed by atoms with Gasteiger partial charge in [-0.1, -0.05) is 31.2 Å². The molecule has 3 heteroatoms. The fourth-order valence-electron chi connectivity index (χ4n) is 3.41. The molecule has 0 heterocycles. The highest BCUT2D eigenvalue weighted by atomic mass is 16.1. The summed E-state index contributed by atoms with van der Waals surface area (Å²) in [7, 11) is 0. The van der Waals surface area contributed by atoms with Gasteiger partial charge in [0.25, 0.3) is 0 Å². The number of benzene rings is 2. The summed E-state index contributed by atoms with van der Waals surface area (Å²) >= 11 is 0. The van der Waals surface area contributed by atoms with Gasteiger partial charge in [0.2, 0.25) is 5.91 Å². The third-order valence-corrected chi connectivity index (χ3v) is 5.18. The molecule has 148 valence electrons. The molecule has 1 fully saturated rings. The minimum Gasteiger partial charge on any atom is -0.383 e. The van der Waals surface area contributed by atoms with Crippen molar-refractivity contribution < 1.29 is 4.79 Å². The lowest BCUT2D eigenvalue weighted by Crippen LogP contribution is -2.26. The van der Waals surface area contributed by atoms with E-state index < -0.39 is 0 Å². The SMILES string of the molecule is CC/C(=C\c1cc(C)c(-c2ccc(NC(C)C)cc2)cc1C)C(=O)NC1CC1. The molecule has 2 aromatic carbocycles. The molecule has 2 N–H and O–H groups in total. The maximum Gasteiger partial charge on any atom is 0.247 e. The van der Waals surface area contributed by atoms with Crippen molar-refractivity contribution in [2.45, 2.75) is 66.0 Å². The lowest BCUT2D eigenvalue weighted by Gasteiger charge is -2.14. The van der Waals surface area contributed by atoms with Crippen LogP contribution in [0.15, 0.2) is 42.0 Å². The first kappa shape index (κ1) is 20.2. The van der Waals surface area contributed by atoms with E-state index in [2.05, 4.69) is 80.8 Å². The van der Waals surface area contributed by atoms with Crippen LogP contribution in [-0.4, -0.2) is 18.0 Å². The van der Waals surface area contributed by atoms with E-state index >= 15 is 0 Å². The average Bonchev–Trinajstić information content (AvgIpc) is 3.46. The lowest BCUT2D eigenvalue weighted by molar-refractivity contribution is -0.117. The van der Waals surface area contributed by atoms with Crippen LogP contribution in [0.1, 0.15) is 56.7 Å². The number of nitrogens with one attached hydrogen (secondary N) is 2. The standard InChI is InChI=1S/C25H32N2O/c1-6-19(25(28)27-23-11-12-23)15-21-13-18(5)24(14-17(21)4)20-7-9-22(10-8-20)26-16(2)3/h7-10,13-16,23,26H,6,11-12H2,1-5H3,(H,27,28)/b19-15+. The van der Waals surface area contributed by atoms with Gasteiger partial charge in [0.05, 0.1) is 0 Å². The molecule has 0 saturated heterocycles. The first-order valence-electron chi connectivity index (χ1n) is 10.4. The van der Waals surface area contributed by atoms with Gasteiger partial charge < -0.3 is 10.6 Å². The molecular weight excluding hydrogens is 344 g/mol. The van der Waals surface area contributed by atoms with Gasteiger partial charge in [-0.2, -0.15) is 0 Å². The topological polar surface area (TPSA) is 41.1 Å². The fourth-order valence-corrected chi connectivity index (χ4v) is 3.41. The van der Waals surface area contributed by atoms with Crippen molar-refractivity contribution in [1.82, 2.24) is 5.32 Å². The number of anilines is 1. The van der Waals surface area contributed by atoms with Gasteiger partial charge in [-0.15, -0.1) is 0 Å². The molecule has 3 rings (SSSR count). The van der Waals surface area contributed by atoms with E-state index in [-0.39, 0.29) is 5.91 Å². The summed E-state index contributed by atoms with van der Waals surface area (Å²) in [6.07, 6.45) is 5.02. The Balaban J connectivity index is 1.85. The van der Waals surface area contributed by atoms with Crippen molar-refractivity contribution in [1.29, 1.82) is 0 Å². The zero-order valence-electron chi connectivity index (χ0n) is 17.7. The first-order valence-corrected chi connectivity index (χ1v) is 10.4. The van der Waals surface area contributed by atoms with E-state index in [1.54, 1.807) is 0 Å². The zero-order valence-corrected chi connectivity index (χ0v) is 17.7. The van der Waals surface area contributed by atoms with Gasteiger partial charge in [-0.25, -0.2) is 0 Å². The number of amides is 1. The molecule has 0 spiro atoms. The number of rotatable bonds is 7. The number of hydrogen-bond acceptors (Lipinski definition) is 2. The highest BCUT2D eigenvalue weighted by Crippen LogP contribution is 2.29. The molecule has 1 aliphatic carbocycles. The van der Waals surface area contributed by atoms with Crippen molar-refractivity contribution in [3.05, 3.63) is 58.7 Å². The molecule has 0 aromatic heterocycles. The summed E-state index contributed by atoms with van der Waals surface area (Å²) in [5.74, 6) is 0.0828. The van der Waals surface area contributed by atoms with Crippen molar-refractivity contribution in [2.75, 3.05) is 5.32 Å². The van der Waals surface area contributed by atoms with Crippen LogP contribution in [0.5, 0.6) is 0 Å². The minimum absolute atomic E-state index is 0.0828. The maximum atomic E-state index is 12.4. The normalized spacial score (nSPS) is 14.3.